The van der Waals surface area contributed by atoms with Gasteiger partial charge in [-0.2, -0.15) is 15.4 Å². The first-order chi connectivity index (χ1) is 7.77. The molecule has 4 heteroatoms. The van der Waals surface area contributed by atoms with E-state index in [1.54, 1.807) is 0 Å². The molecule has 0 amide bonds. The van der Waals surface area contributed by atoms with Crippen molar-refractivity contribution >= 4 is 16.7 Å². The van der Waals surface area contributed by atoms with E-state index in [0.717, 1.165) is 41.5 Å². The molecule has 0 unspecified atom stereocenters. The van der Waals surface area contributed by atoms with Gasteiger partial charge in [0.1, 0.15) is 11.0 Å². The number of aryl methyl sites for hydroxylation is 2. The number of rotatable bonds is 4. The lowest BCUT2D eigenvalue weighted by molar-refractivity contribution is 0.796. The third-order valence-electron chi connectivity index (χ3n) is 3.00. The molecule has 0 bridgehead atoms. The van der Waals surface area contributed by atoms with E-state index < -0.39 is 0 Å². The summed E-state index contributed by atoms with van der Waals surface area (Å²) in [4.78, 5) is 0. The second-order valence-electron chi connectivity index (χ2n) is 4.08. The SMILES string of the molecule is CCCCc1cc2n[nH]nc2c(CC)c1N. The molecule has 2 rings (SSSR count). The van der Waals surface area contributed by atoms with Gasteiger partial charge in [0.15, 0.2) is 0 Å². The van der Waals surface area contributed by atoms with Gasteiger partial charge in [-0.3, -0.25) is 0 Å². The number of hydrogen-bond acceptors (Lipinski definition) is 3. The number of fused-ring (bicyclic) bond motifs is 1. The van der Waals surface area contributed by atoms with Crippen molar-refractivity contribution in [3.05, 3.63) is 17.2 Å². The Morgan fingerprint density at radius 2 is 2.12 bits per heavy atom. The number of H-pyrrole nitrogens is 1. The van der Waals surface area contributed by atoms with Crippen LogP contribution < -0.4 is 5.73 Å². The Kier molecular flexibility index (Phi) is 3.08. The second-order valence-corrected chi connectivity index (χ2v) is 4.08. The third-order valence-corrected chi connectivity index (χ3v) is 3.00. The smallest absolute Gasteiger partial charge is 0.118 e. The molecule has 1 heterocycles. The van der Waals surface area contributed by atoms with Gasteiger partial charge in [-0.1, -0.05) is 20.3 Å². The van der Waals surface area contributed by atoms with E-state index in [0.29, 0.717) is 0 Å². The lowest BCUT2D eigenvalue weighted by atomic mass is 9.99. The van der Waals surface area contributed by atoms with Gasteiger partial charge in [0.2, 0.25) is 0 Å². The molecular weight excluding hydrogens is 200 g/mol. The van der Waals surface area contributed by atoms with E-state index >= 15 is 0 Å². The van der Waals surface area contributed by atoms with Crippen LogP contribution in [0.25, 0.3) is 11.0 Å². The molecule has 0 aliphatic rings. The maximum Gasteiger partial charge on any atom is 0.118 e. The van der Waals surface area contributed by atoms with Crippen molar-refractivity contribution in [2.24, 2.45) is 0 Å². The predicted octanol–water partition coefficient (Wildman–Crippen LogP) is 2.45. The van der Waals surface area contributed by atoms with Gasteiger partial charge in [-0.05, 0) is 30.9 Å². The van der Waals surface area contributed by atoms with Crippen molar-refractivity contribution in [3.63, 3.8) is 0 Å². The Labute approximate surface area is 95.2 Å². The second kappa shape index (κ2) is 4.51. The fourth-order valence-electron chi connectivity index (χ4n) is 2.06. The van der Waals surface area contributed by atoms with E-state index in [4.69, 9.17) is 5.73 Å². The molecule has 0 radical (unpaired) electrons. The highest BCUT2D eigenvalue weighted by molar-refractivity contribution is 5.84. The lowest BCUT2D eigenvalue weighted by Crippen LogP contribution is -2.01. The maximum atomic E-state index is 6.18. The van der Waals surface area contributed by atoms with Crippen molar-refractivity contribution in [1.82, 2.24) is 15.4 Å². The van der Waals surface area contributed by atoms with Crippen LogP contribution in [0, 0.1) is 0 Å². The minimum atomic E-state index is 0.898. The van der Waals surface area contributed by atoms with E-state index in [9.17, 15) is 0 Å². The Morgan fingerprint density at radius 1 is 1.31 bits per heavy atom. The first-order valence-corrected chi connectivity index (χ1v) is 5.88. The number of benzene rings is 1. The molecule has 16 heavy (non-hydrogen) atoms. The van der Waals surface area contributed by atoms with Gasteiger partial charge in [-0.15, -0.1) is 0 Å². The monoisotopic (exact) mass is 218 g/mol. The summed E-state index contributed by atoms with van der Waals surface area (Å²) in [7, 11) is 0. The molecule has 4 nitrogen and oxygen atoms in total. The number of nitrogen functional groups attached to an aromatic ring is 1. The molecule has 0 aliphatic carbocycles. The van der Waals surface area contributed by atoms with Gasteiger partial charge in [0, 0.05) is 11.3 Å². The molecule has 0 fully saturated rings. The van der Waals surface area contributed by atoms with E-state index in [2.05, 4.69) is 35.3 Å². The number of nitrogens with one attached hydrogen (secondary N) is 1. The van der Waals surface area contributed by atoms with Gasteiger partial charge in [0.25, 0.3) is 0 Å². The number of nitrogens with zero attached hydrogens (tertiary/aromatic N) is 2. The highest BCUT2D eigenvalue weighted by atomic mass is 15.3. The number of aromatic amines is 1. The van der Waals surface area contributed by atoms with Crippen molar-refractivity contribution in [2.45, 2.75) is 39.5 Å². The van der Waals surface area contributed by atoms with Gasteiger partial charge in [-0.25, -0.2) is 0 Å². The fourth-order valence-corrected chi connectivity index (χ4v) is 2.06. The van der Waals surface area contributed by atoms with Crippen LogP contribution in [-0.4, -0.2) is 15.4 Å². The van der Waals surface area contributed by atoms with Crippen LogP contribution in [0.2, 0.25) is 0 Å². The van der Waals surface area contributed by atoms with Crippen LogP contribution >= 0.6 is 0 Å². The molecule has 0 saturated carbocycles. The highest BCUT2D eigenvalue weighted by Crippen LogP contribution is 2.27. The molecular formula is C12H18N4. The molecule has 0 aliphatic heterocycles. The number of anilines is 1. The minimum absolute atomic E-state index is 0.898. The van der Waals surface area contributed by atoms with Crippen molar-refractivity contribution in [3.8, 4) is 0 Å². The summed E-state index contributed by atoms with van der Waals surface area (Å²) in [5.74, 6) is 0. The van der Waals surface area contributed by atoms with Gasteiger partial charge in [0.05, 0.1) is 0 Å². The maximum absolute atomic E-state index is 6.18. The molecule has 0 atom stereocenters. The summed E-state index contributed by atoms with van der Waals surface area (Å²) in [5.41, 5.74) is 11.3. The Hall–Kier alpha value is -1.58. The molecule has 86 valence electrons. The summed E-state index contributed by atoms with van der Waals surface area (Å²) in [6.07, 6.45) is 4.27. The zero-order valence-electron chi connectivity index (χ0n) is 9.88. The minimum Gasteiger partial charge on any atom is -0.398 e. The van der Waals surface area contributed by atoms with Crippen LogP contribution in [0.3, 0.4) is 0 Å². The van der Waals surface area contributed by atoms with Crippen molar-refractivity contribution in [1.29, 1.82) is 0 Å². The third kappa shape index (κ3) is 1.75. The first kappa shape index (κ1) is 10.9. The lowest BCUT2D eigenvalue weighted by Gasteiger charge is -2.09. The standard InChI is InChI=1S/C12H18N4/c1-3-5-6-8-7-10-12(15-16-14-10)9(4-2)11(8)13/h7H,3-6,13H2,1-2H3,(H,14,15,16). The highest BCUT2D eigenvalue weighted by Gasteiger charge is 2.12. The summed E-state index contributed by atoms with van der Waals surface area (Å²) >= 11 is 0. The number of hydrogen-bond donors (Lipinski definition) is 2. The van der Waals surface area contributed by atoms with Gasteiger partial charge >= 0.3 is 0 Å². The molecule has 1 aromatic carbocycles. The van der Waals surface area contributed by atoms with Crippen molar-refractivity contribution < 1.29 is 0 Å². The summed E-state index contributed by atoms with van der Waals surface area (Å²) in [6, 6.07) is 2.06. The molecule has 3 N–H and O–H groups in total. The molecule has 2 aromatic rings. The molecule has 1 aromatic heterocycles. The van der Waals surface area contributed by atoms with Crippen LogP contribution in [0.1, 0.15) is 37.8 Å². The van der Waals surface area contributed by atoms with Crippen LogP contribution in [0.4, 0.5) is 5.69 Å². The first-order valence-electron chi connectivity index (χ1n) is 5.88. The fraction of sp³-hybridized carbons (Fsp3) is 0.500. The van der Waals surface area contributed by atoms with Crippen LogP contribution in [-0.2, 0) is 12.8 Å². The molecule has 0 spiro atoms. The number of unbranched alkanes of at least 4 members (excludes halogenated alkanes) is 1. The zero-order chi connectivity index (χ0) is 11.5. The Morgan fingerprint density at radius 3 is 2.81 bits per heavy atom. The van der Waals surface area contributed by atoms with Gasteiger partial charge < -0.3 is 5.73 Å². The Balaban J connectivity index is 2.52. The number of aromatic nitrogens is 3. The van der Waals surface area contributed by atoms with E-state index in [1.807, 2.05) is 0 Å². The average molecular weight is 218 g/mol. The predicted molar refractivity (Wildman–Crippen MR) is 66.3 cm³/mol. The zero-order valence-corrected chi connectivity index (χ0v) is 9.88. The quantitative estimate of drug-likeness (QED) is 0.774. The topological polar surface area (TPSA) is 67.6 Å². The largest absolute Gasteiger partial charge is 0.398 e. The molecule has 0 saturated heterocycles. The summed E-state index contributed by atoms with van der Waals surface area (Å²) in [5, 5.41) is 11.0. The average Bonchev–Trinajstić information content (AvgIpc) is 2.74. The summed E-state index contributed by atoms with van der Waals surface area (Å²) < 4.78 is 0. The van der Waals surface area contributed by atoms with E-state index in [-0.39, 0.29) is 0 Å². The summed E-state index contributed by atoms with van der Waals surface area (Å²) in [6.45, 7) is 4.29. The Bertz CT molecular complexity index is 487. The van der Waals surface area contributed by atoms with Crippen LogP contribution in [0.15, 0.2) is 6.07 Å². The van der Waals surface area contributed by atoms with E-state index in [1.165, 1.54) is 12.0 Å². The normalized spacial score (nSPS) is 11.1. The number of nitrogens with two attached hydrogens (primary N) is 1. The van der Waals surface area contributed by atoms with Crippen molar-refractivity contribution in [2.75, 3.05) is 5.73 Å². The van der Waals surface area contributed by atoms with Crippen LogP contribution in [0.5, 0.6) is 0 Å².